The van der Waals surface area contributed by atoms with Crippen LogP contribution in [0.15, 0.2) is 54.6 Å². The lowest BCUT2D eigenvalue weighted by atomic mass is 10.1. The predicted octanol–water partition coefficient (Wildman–Crippen LogP) is 2.47. The fourth-order valence-corrected chi connectivity index (χ4v) is 1.72. The largest absolute Gasteiger partial charge is 0.468 e. The van der Waals surface area contributed by atoms with E-state index in [0.717, 1.165) is 5.56 Å². The summed E-state index contributed by atoms with van der Waals surface area (Å²) in [4.78, 5) is 12.0. The van der Waals surface area contributed by atoms with E-state index in [1.807, 2.05) is 49.4 Å². The van der Waals surface area contributed by atoms with Crippen LogP contribution in [-0.4, -0.2) is 12.0 Å². The molecule has 0 aliphatic rings. The minimum Gasteiger partial charge on any atom is -0.468 e. The van der Waals surface area contributed by atoms with Gasteiger partial charge in [0.2, 0.25) is 6.23 Å². The first-order valence-electron chi connectivity index (χ1n) is 6.21. The lowest BCUT2D eigenvalue weighted by Gasteiger charge is -2.13. The number of nitrogens with two attached hydrogens (primary N) is 1. The summed E-state index contributed by atoms with van der Waals surface area (Å²) >= 11 is 0. The number of para-hydroxylation sites is 1. The average molecular weight is 255 g/mol. The number of benzene rings is 2. The van der Waals surface area contributed by atoms with Crippen molar-refractivity contribution >= 4 is 5.78 Å². The monoisotopic (exact) mass is 255 g/mol. The Balaban J connectivity index is 1.94. The van der Waals surface area contributed by atoms with Gasteiger partial charge in [0.15, 0.2) is 5.78 Å². The van der Waals surface area contributed by atoms with Gasteiger partial charge in [-0.2, -0.15) is 0 Å². The Morgan fingerprint density at radius 1 is 1.11 bits per heavy atom. The quantitative estimate of drug-likeness (QED) is 0.835. The van der Waals surface area contributed by atoms with Gasteiger partial charge < -0.3 is 4.74 Å². The maximum atomic E-state index is 12.0. The number of carbonyl (C=O) groups excluding carboxylic acids is 1. The molecule has 1 atom stereocenters. The molecule has 98 valence electrons. The molecule has 2 aromatic rings. The van der Waals surface area contributed by atoms with Crippen LogP contribution in [0, 0.1) is 6.92 Å². The van der Waals surface area contributed by atoms with Gasteiger partial charge in [-0.05, 0) is 24.6 Å². The number of hydrogen-bond acceptors (Lipinski definition) is 3. The molecule has 0 aromatic heterocycles. The second-order valence-corrected chi connectivity index (χ2v) is 4.48. The molecule has 2 N–H and O–H groups in total. The standard InChI is InChI=1S/C16H17NO2/c1-12-7-9-13(10-8-12)11-15(18)16(17)19-14-5-3-2-4-6-14/h2-10,16H,11,17H2,1H3. The van der Waals surface area contributed by atoms with Gasteiger partial charge in [-0.3, -0.25) is 10.5 Å². The zero-order valence-electron chi connectivity index (χ0n) is 10.9. The summed E-state index contributed by atoms with van der Waals surface area (Å²) in [5.74, 6) is 0.472. The van der Waals surface area contributed by atoms with Gasteiger partial charge in [0, 0.05) is 6.42 Å². The van der Waals surface area contributed by atoms with Crippen LogP contribution in [0.3, 0.4) is 0 Å². The maximum absolute atomic E-state index is 12.0. The molecule has 0 saturated heterocycles. The Morgan fingerprint density at radius 2 is 1.74 bits per heavy atom. The third-order valence-corrected chi connectivity index (χ3v) is 2.82. The van der Waals surface area contributed by atoms with Gasteiger partial charge in [-0.25, -0.2) is 0 Å². The highest BCUT2D eigenvalue weighted by Gasteiger charge is 2.15. The van der Waals surface area contributed by atoms with Gasteiger partial charge in [0.05, 0.1) is 0 Å². The van der Waals surface area contributed by atoms with Gasteiger partial charge in [-0.15, -0.1) is 0 Å². The first-order valence-corrected chi connectivity index (χ1v) is 6.21. The number of carbonyl (C=O) groups is 1. The highest BCUT2D eigenvalue weighted by molar-refractivity contribution is 5.84. The van der Waals surface area contributed by atoms with E-state index < -0.39 is 6.23 Å². The van der Waals surface area contributed by atoms with Crippen molar-refractivity contribution in [2.75, 3.05) is 0 Å². The van der Waals surface area contributed by atoms with E-state index in [-0.39, 0.29) is 12.2 Å². The van der Waals surface area contributed by atoms with Crippen LogP contribution in [0.5, 0.6) is 5.75 Å². The summed E-state index contributed by atoms with van der Waals surface area (Å²) in [7, 11) is 0. The second kappa shape index (κ2) is 6.16. The van der Waals surface area contributed by atoms with Gasteiger partial charge in [-0.1, -0.05) is 48.0 Å². The summed E-state index contributed by atoms with van der Waals surface area (Å²) in [6.45, 7) is 2.01. The molecule has 2 rings (SSSR count). The molecule has 0 radical (unpaired) electrons. The van der Waals surface area contributed by atoms with E-state index in [9.17, 15) is 4.79 Å². The van der Waals surface area contributed by atoms with Crippen LogP contribution < -0.4 is 10.5 Å². The summed E-state index contributed by atoms with van der Waals surface area (Å²) < 4.78 is 5.40. The second-order valence-electron chi connectivity index (χ2n) is 4.48. The zero-order valence-corrected chi connectivity index (χ0v) is 10.9. The molecule has 1 unspecified atom stereocenters. The number of Topliss-reactive ketones (excluding diaryl/α,β-unsaturated/α-hetero) is 1. The molecule has 0 aliphatic heterocycles. The third kappa shape index (κ3) is 3.93. The molecule has 19 heavy (non-hydrogen) atoms. The van der Waals surface area contributed by atoms with E-state index in [0.29, 0.717) is 5.75 Å². The zero-order chi connectivity index (χ0) is 13.7. The third-order valence-electron chi connectivity index (χ3n) is 2.82. The van der Waals surface area contributed by atoms with Crippen molar-refractivity contribution in [1.82, 2.24) is 0 Å². The number of ether oxygens (including phenoxy) is 1. The van der Waals surface area contributed by atoms with Gasteiger partial charge in [0.1, 0.15) is 5.75 Å². The molecule has 0 amide bonds. The van der Waals surface area contributed by atoms with Crippen LogP contribution >= 0.6 is 0 Å². The minimum absolute atomic E-state index is 0.132. The van der Waals surface area contributed by atoms with Crippen molar-refractivity contribution in [3.63, 3.8) is 0 Å². The first-order chi connectivity index (χ1) is 9.15. The van der Waals surface area contributed by atoms with E-state index in [4.69, 9.17) is 10.5 Å². The first kappa shape index (κ1) is 13.3. The summed E-state index contributed by atoms with van der Waals surface area (Å²) in [6.07, 6.45) is -0.641. The van der Waals surface area contributed by atoms with E-state index in [1.165, 1.54) is 5.56 Å². The molecule has 2 aromatic carbocycles. The van der Waals surface area contributed by atoms with E-state index >= 15 is 0 Å². The molecule has 3 heteroatoms. The van der Waals surface area contributed by atoms with E-state index in [2.05, 4.69) is 0 Å². The van der Waals surface area contributed by atoms with Gasteiger partial charge >= 0.3 is 0 Å². The summed E-state index contributed by atoms with van der Waals surface area (Å²) in [6, 6.07) is 16.9. The fourth-order valence-electron chi connectivity index (χ4n) is 1.72. The molecule has 0 saturated carbocycles. The minimum atomic E-state index is -0.927. The van der Waals surface area contributed by atoms with Gasteiger partial charge in [0.25, 0.3) is 0 Å². The number of hydrogen-bond donors (Lipinski definition) is 1. The molecular formula is C16H17NO2. The van der Waals surface area contributed by atoms with Crippen LogP contribution in [0.2, 0.25) is 0 Å². The Morgan fingerprint density at radius 3 is 2.37 bits per heavy atom. The Hall–Kier alpha value is -2.13. The molecule has 0 heterocycles. The normalized spacial score (nSPS) is 11.9. The lowest BCUT2D eigenvalue weighted by Crippen LogP contribution is -2.37. The highest BCUT2D eigenvalue weighted by atomic mass is 16.5. The average Bonchev–Trinajstić information content (AvgIpc) is 2.42. The maximum Gasteiger partial charge on any atom is 0.207 e. The van der Waals surface area contributed by atoms with Crippen molar-refractivity contribution < 1.29 is 9.53 Å². The Kier molecular flexibility index (Phi) is 4.31. The van der Waals surface area contributed by atoms with Crippen LogP contribution in [0.1, 0.15) is 11.1 Å². The number of ketones is 1. The SMILES string of the molecule is Cc1ccc(CC(=O)C(N)Oc2ccccc2)cc1. The molecule has 0 spiro atoms. The summed E-state index contributed by atoms with van der Waals surface area (Å²) in [5.41, 5.74) is 7.87. The molecule has 3 nitrogen and oxygen atoms in total. The smallest absolute Gasteiger partial charge is 0.207 e. The van der Waals surface area contributed by atoms with Crippen molar-refractivity contribution in [2.45, 2.75) is 19.6 Å². The van der Waals surface area contributed by atoms with E-state index in [1.54, 1.807) is 12.1 Å². The molecule has 0 fully saturated rings. The number of rotatable bonds is 5. The molecule has 0 bridgehead atoms. The molecule has 0 aliphatic carbocycles. The van der Waals surface area contributed by atoms with Crippen molar-refractivity contribution in [3.8, 4) is 5.75 Å². The topological polar surface area (TPSA) is 52.3 Å². The summed E-state index contributed by atoms with van der Waals surface area (Å²) in [5, 5.41) is 0. The van der Waals surface area contributed by atoms with Crippen molar-refractivity contribution in [1.29, 1.82) is 0 Å². The fraction of sp³-hybridized carbons (Fsp3) is 0.188. The molecular weight excluding hydrogens is 238 g/mol. The lowest BCUT2D eigenvalue weighted by molar-refractivity contribution is -0.124. The highest BCUT2D eigenvalue weighted by Crippen LogP contribution is 2.11. The Bertz CT molecular complexity index is 534. The number of aryl methyl sites for hydroxylation is 1. The predicted molar refractivity (Wildman–Crippen MR) is 74.9 cm³/mol. The Labute approximate surface area is 113 Å². The van der Waals surface area contributed by atoms with Crippen molar-refractivity contribution in [2.24, 2.45) is 5.73 Å². The van der Waals surface area contributed by atoms with Crippen LogP contribution in [0.4, 0.5) is 0 Å². The van der Waals surface area contributed by atoms with Crippen LogP contribution in [0.25, 0.3) is 0 Å². The van der Waals surface area contributed by atoms with Crippen LogP contribution in [-0.2, 0) is 11.2 Å². The van der Waals surface area contributed by atoms with Crippen molar-refractivity contribution in [3.05, 3.63) is 65.7 Å².